The van der Waals surface area contributed by atoms with Crippen LogP contribution >= 0.6 is 0 Å². The van der Waals surface area contributed by atoms with Crippen molar-refractivity contribution in [3.63, 3.8) is 0 Å². The van der Waals surface area contributed by atoms with Gasteiger partial charge in [0.2, 0.25) is 10.0 Å². The van der Waals surface area contributed by atoms with Crippen LogP contribution in [0.25, 0.3) is 10.9 Å². The van der Waals surface area contributed by atoms with Crippen molar-refractivity contribution in [2.75, 3.05) is 13.2 Å². The Morgan fingerprint density at radius 1 is 1.03 bits per heavy atom. The zero-order valence-corrected chi connectivity index (χ0v) is 17.7. The molecule has 3 rings (SSSR count). The van der Waals surface area contributed by atoms with E-state index in [0.717, 1.165) is 27.6 Å². The molecule has 0 radical (unpaired) electrons. The Kier molecular flexibility index (Phi) is 6.21. The minimum absolute atomic E-state index is 0.0611. The summed E-state index contributed by atoms with van der Waals surface area (Å²) in [6, 6.07) is 12.3. The van der Waals surface area contributed by atoms with Crippen LogP contribution in [0, 0.1) is 20.8 Å². The van der Waals surface area contributed by atoms with Crippen LogP contribution in [-0.4, -0.2) is 36.0 Å². The van der Waals surface area contributed by atoms with Crippen molar-refractivity contribution in [2.45, 2.75) is 38.6 Å². The molecule has 0 spiro atoms. The Balaban J connectivity index is 2.03. The number of sulfonamides is 1. The maximum absolute atomic E-state index is 13.2. The van der Waals surface area contributed by atoms with Gasteiger partial charge in [-0.05, 0) is 61.9 Å². The minimum atomic E-state index is -3.80. The topological polar surface area (TPSA) is 90.5 Å². The Morgan fingerprint density at radius 2 is 1.72 bits per heavy atom. The van der Waals surface area contributed by atoms with E-state index >= 15 is 0 Å². The molecule has 29 heavy (non-hydrogen) atoms. The van der Waals surface area contributed by atoms with Crippen molar-refractivity contribution in [1.82, 2.24) is 9.29 Å². The molecule has 0 unspecified atom stereocenters. The molecular formula is C22H26N2O4S. The molecule has 0 aliphatic rings. The van der Waals surface area contributed by atoms with Gasteiger partial charge in [0, 0.05) is 25.3 Å². The average molecular weight is 415 g/mol. The summed E-state index contributed by atoms with van der Waals surface area (Å²) in [6.07, 6.45) is 0.287. The van der Waals surface area contributed by atoms with Gasteiger partial charge in [0.05, 0.1) is 10.4 Å². The number of pyridine rings is 1. The first-order chi connectivity index (χ1) is 13.7. The highest BCUT2D eigenvalue weighted by Gasteiger charge is 2.25. The average Bonchev–Trinajstić information content (AvgIpc) is 2.69. The molecule has 2 N–H and O–H groups in total. The van der Waals surface area contributed by atoms with Crippen molar-refractivity contribution in [1.29, 1.82) is 0 Å². The normalized spacial score (nSPS) is 12.0. The van der Waals surface area contributed by atoms with Gasteiger partial charge in [0.25, 0.3) is 5.56 Å². The number of fused-ring (bicyclic) bond motifs is 1. The fourth-order valence-corrected chi connectivity index (χ4v) is 4.72. The molecule has 2 aromatic carbocycles. The van der Waals surface area contributed by atoms with Gasteiger partial charge in [-0.25, -0.2) is 8.42 Å². The zero-order valence-electron chi connectivity index (χ0n) is 16.9. The van der Waals surface area contributed by atoms with Crippen LogP contribution in [0.2, 0.25) is 0 Å². The molecule has 6 nitrogen and oxygen atoms in total. The third-order valence-electron chi connectivity index (χ3n) is 5.20. The summed E-state index contributed by atoms with van der Waals surface area (Å²) in [6.45, 7) is 5.74. The van der Waals surface area contributed by atoms with Gasteiger partial charge in [0.1, 0.15) is 0 Å². The molecule has 0 aliphatic heterocycles. The minimum Gasteiger partial charge on any atom is -0.396 e. The summed E-state index contributed by atoms with van der Waals surface area (Å²) in [4.78, 5) is 15.8. The fraction of sp³-hybridized carbons (Fsp3) is 0.318. The van der Waals surface area contributed by atoms with E-state index in [4.69, 9.17) is 0 Å². The Labute approximate surface area is 170 Å². The van der Waals surface area contributed by atoms with E-state index in [1.807, 2.05) is 32.9 Å². The van der Waals surface area contributed by atoms with Gasteiger partial charge in [-0.3, -0.25) is 4.79 Å². The van der Waals surface area contributed by atoms with Crippen molar-refractivity contribution >= 4 is 20.9 Å². The SMILES string of the molecule is Cc1ccc(S(=O)(=O)N(CCCO)Cc2cc3ccc(C)c(C)c3[nH]c2=O)cc1. The van der Waals surface area contributed by atoms with Crippen molar-refractivity contribution < 1.29 is 13.5 Å². The summed E-state index contributed by atoms with van der Waals surface area (Å²) in [7, 11) is -3.80. The van der Waals surface area contributed by atoms with Gasteiger partial charge in [-0.1, -0.05) is 29.8 Å². The lowest BCUT2D eigenvalue weighted by atomic mass is 10.0. The number of nitrogens with one attached hydrogen (secondary N) is 1. The smallest absolute Gasteiger partial charge is 0.252 e. The first kappa shape index (κ1) is 21.2. The molecule has 154 valence electrons. The number of rotatable bonds is 7. The van der Waals surface area contributed by atoms with Crippen LogP contribution in [0.15, 0.2) is 52.2 Å². The number of nitrogens with zero attached hydrogens (tertiary/aromatic N) is 1. The van der Waals surface area contributed by atoms with Gasteiger partial charge < -0.3 is 10.1 Å². The monoisotopic (exact) mass is 414 g/mol. The molecule has 0 amide bonds. The van der Waals surface area contributed by atoms with Crippen LogP contribution in [-0.2, 0) is 16.6 Å². The van der Waals surface area contributed by atoms with Gasteiger partial charge in [-0.15, -0.1) is 0 Å². The van der Waals surface area contributed by atoms with Crippen molar-refractivity contribution in [3.05, 3.63) is 75.1 Å². The number of aliphatic hydroxyl groups excluding tert-OH is 1. The molecule has 1 heterocycles. The second kappa shape index (κ2) is 8.49. The third kappa shape index (κ3) is 4.42. The Bertz CT molecular complexity index is 1180. The fourth-order valence-electron chi connectivity index (χ4n) is 3.27. The number of aliphatic hydroxyl groups is 1. The largest absolute Gasteiger partial charge is 0.396 e. The second-order valence-corrected chi connectivity index (χ2v) is 9.26. The maximum Gasteiger partial charge on any atom is 0.252 e. The van der Waals surface area contributed by atoms with E-state index in [2.05, 4.69) is 4.98 Å². The molecule has 3 aromatic rings. The summed E-state index contributed by atoms with van der Waals surface area (Å²) in [5.74, 6) is 0. The third-order valence-corrected chi connectivity index (χ3v) is 7.06. The Hall–Kier alpha value is -2.48. The lowest BCUT2D eigenvalue weighted by molar-refractivity contribution is 0.267. The van der Waals surface area contributed by atoms with Gasteiger partial charge >= 0.3 is 0 Å². The van der Waals surface area contributed by atoms with E-state index < -0.39 is 10.0 Å². The van der Waals surface area contributed by atoms with E-state index in [-0.39, 0.29) is 36.6 Å². The predicted octanol–water partition coefficient (Wildman–Crippen LogP) is 3.03. The highest BCUT2D eigenvalue weighted by molar-refractivity contribution is 7.89. The predicted molar refractivity (Wildman–Crippen MR) is 115 cm³/mol. The van der Waals surface area contributed by atoms with Crippen molar-refractivity contribution in [3.8, 4) is 0 Å². The Morgan fingerprint density at radius 3 is 2.38 bits per heavy atom. The lowest BCUT2D eigenvalue weighted by Gasteiger charge is -2.22. The number of benzene rings is 2. The number of aromatic nitrogens is 1. The maximum atomic E-state index is 13.2. The molecule has 0 aliphatic carbocycles. The number of hydrogen-bond donors (Lipinski definition) is 2. The van der Waals surface area contributed by atoms with Crippen LogP contribution in [0.3, 0.4) is 0 Å². The summed E-state index contributed by atoms with van der Waals surface area (Å²) >= 11 is 0. The van der Waals surface area contributed by atoms with E-state index in [1.165, 1.54) is 4.31 Å². The molecule has 0 atom stereocenters. The highest BCUT2D eigenvalue weighted by Crippen LogP contribution is 2.22. The quantitative estimate of drug-likeness (QED) is 0.622. The molecule has 0 saturated carbocycles. The van der Waals surface area contributed by atoms with Crippen LogP contribution < -0.4 is 5.56 Å². The number of H-pyrrole nitrogens is 1. The van der Waals surface area contributed by atoms with Crippen LogP contribution in [0.4, 0.5) is 0 Å². The highest BCUT2D eigenvalue weighted by atomic mass is 32.2. The number of aryl methyl sites for hydroxylation is 3. The molecule has 0 fully saturated rings. The van der Waals surface area contributed by atoms with E-state index in [1.54, 1.807) is 30.3 Å². The summed E-state index contributed by atoms with van der Waals surface area (Å²) in [5.41, 5.74) is 3.86. The molecule has 0 saturated heterocycles. The number of aromatic amines is 1. The molecule has 0 bridgehead atoms. The summed E-state index contributed by atoms with van der Waals surface area (Å²) < 4.78 is 27.6. The lowest BCUT2D eigenvalue weighted by Crippen LogP contribution is -2.34. The summed E-state index contributed by atoms with van der Waals surface area (Å²) in [5, 5.41) is 10.1. The first-order valence-corrected chi connectivity index (χ1v) is 11.0. The van der Waals surface area contributed by atoms with Crippen LogP contribution in [0.5, 0.6) is 0 Å². The van der Waals surface area contributed by atoms with Gasteiger partial charge in [-0.2, -0.15) is 4.31 Å². The second-order valence-electron chi connectivity index (χ2n) is 7.32. The molecule has 7 heteroatoms. The number of hydrogen-bond acceptors (Lipinski definition) is 4. The molecular weight excluding hydrogens is 388 g/mol. The van der Waals surface area contributed by atoms with Gasteiger partial charge in [0.15, 0.2) is 0 Å². The van der Waals surface area contributed by atoms with E-state index in [0.29, 0.717) is 5.56 Å². The van der Waals surface area contributed by atoms with Crippen LogP contribution in [0.1, 0.15) is 28.7 Å². The molecule has 1 aromatic heterocycles. The van der Waals surface area contributed by atoms with E-state index in [9.17, 15) is 18.3 Å². The zero-order chi connectivity index (χ0) is 21.2. The first-order valence-electron chi connectivity index (χ1n) is 9.54. The van der Waals surface area contributed by atoms with Crippen molar-refractivity contribution in [2.24, 2.45) is 0 Å². The standard InChI is InChI=1S/C22H26N2O4S/c1-15-5-9-20(10-6-15)29(27,28)24(11-4-12-25)14-19-13-18-8-7-16(2)17(3)21(18)23-22(19)26/h5-10,13,25H,4,11-12,14H2,1-3H3,(H,23,26).